The van der Waals surface area contributed by atoms with Crippen LogP contribution in [0.2, 0.25) is 18.1 Å². The molecular formula is C14H27NOSi. The smallest absolute Gasteiger partial charge is 0.193 e. The van der Waals surface area contributed by atoms with Gasteiger partial charge in [0, 0.05) is 6.42 Å². The third kappa shape index (κ3) is 6.04. The average molecular weight is 253 g/mol. The van der Waals surface area contributed by atoms with E-state index in [9.17, 15) is 0 Å². The Kier molecular flexibility index (Phi) is 6.15. The molecule has 0 spiro atoms. The number of nitriles is 1. The second kappa shape index (κ2) is 6.37. The van der Waals surface area contributed by atoms with Crippen molar-refractivity contribution in [2.75, 3.05) is 0 Å². The maximum atomic E-state index is 9.13. The van der Waals surface area contributed by atoms with Crippen molar-refractivity contribution in [1.29, 1.82) is 5.26 Å². The van der Waals surface area contributed by atoms with E-state index in [1.165, 1.54) is 0 Å². The largest absolute Gasteiger partial charge is 0.401 e. The van der Waals surface area contributed by atoms with Crippen molar-refractivity contribution in [3.05, 3.63) is 12.2 Å². The zero-order chi connectivity index (χ0) is 13.7. The van der Waals surface area contributed by atoms with Gasteiger partial charge in [0.1, 0.15) is 6.10 Å². The fourth-order valence-corrected chi connectivity index (χ4v) is 2.35. The summed E-state index contributed by atoms with van der Waals surface area (Å²) in [6.07, 6.45) is 4.58. The van der Waals surface area contributed by atoms with Crippen LogP contribution in [0.1, 0.15) is 41.0 Å². The Morgan fingerprint density at radius 1 is 1.29 bits per heavy atom. The lowest BCUT2D eigenvalue weighted by Crippen LogP contribution is -2.43. The van der Waals surface area contributed by atoms with Gasteiger partial charge in [-0.05, 0) is 24.1 Å². The van der Waals surface area contributed by atoms with Crippen molar-refractivity contribution in [2.45, 2.75) is 65.3 Å². The van der Waals surface area contributed by atoms with E-state index < -0.39 is 8.32 Å². The van der Waals surface area contributed by atoms with Crippen LogP contribution < -0.4 is 0 Å². The van der Waals surface area contributed by atoms with Gasteiger partial charge >= 0.3 is 0 Å². The molecule has 0 aromatic heterocycles. The standard InChI is InChI=1S/C14H27NOSi/c1-12(2)9-8-10-13(11-15)16-17(6,7)14(3,4)5/h8-9,12-13H,10H2,1-7H3/b9-8+/t13-/m1/s1. The molecule has 17 heavy (non-hydrogen) atoms. The van der Waals surface area contributed by atoms with Crippen molar-refractivity contribution in [3.63, 3.8) is 0 Å². The Morgan fingerprint density at radius 3 is 2.18 bits per heavy atom. The lowest BCUT2D eigenvalue weighted by Gasteiger charge is -2.37. The number of rotatable bonds is 5. The molecule has 0 saturated carbocycles. The first-order valence-electron chi connectivity index (χ1n) is 6.34. The van der Waals surface area contributed by atoms with Crippen LogP contribution in [-0.4, -0.2) is 14.4 Å². The van der Waals surface area contributed by atoms with Crippen LogP contribution in [0.5, 0.6) is 0 Å². The van der Waals surface area contributed by atoms with Gasteiger partial charge in [-0.1, -0.05) is 46.8 Å². The predicted octanol–water partition coefficient (Wildman–Crippen LogP) is 4.50. The summed E-state index contributed by atoms with van der Waals surface area (Å²) >= 11 is 0. The molecule has 0 aliphatic carbocycles. The highest BCUT2D eigenvalue weighted by atomic mass is 28.4. The average Bonchev–Trinajstić information content (AvgIpc) is 2.13. The molecule has 0 heterocycles. The second-order valence-corrected chi connectivity index (χ2v) is 11.2. The minimum Gasteiger partial charge on any atom is -0.401 e. The van der Waals surface area contributed by atoms with E-state index in [4.69, 9.17) is 9.69 Å². The van der Waals surface area contributed by atoms with Crippen molar-refractivity contribution in [1.82, 2.24) is 0 Å². The van der Waals surface area contributed by atoms with E-state index >= 15 is 0 Å². The van der Waals surface area contributed by atoms with Crippen LogP contribution in [0.4, 0.5) is 0 Å². The van der Waals surface area contributed by atoms with Gasteiger partial charge in [0.2, 0.25) is 0 Å². The van der Waals surface area contributed by atoms with Crippen LogP contribution >= 0.6 is 0 Å². The SMILES string of the molecule is CC(C)/C=C/C[C@H](C#N)O[Si](C)(C)C(C)(C)C. The highest BCUT2D eigenvalue weighted by Crippen LogP contribution is 2.37. The topological polar surface area (TPSA) is 33.0 Å². The molecule has 0 aromatic rings. The lowest BCUT2D eigenvalue weighted by molar-refractivity contribution is 0.234. The van der Waals surface area contributed by atoms with E-state index in [2.05, 4.69) is 65.9 Å². The van der Waals surface area contributed by atoms with E-state index in [-0.39, 0.29) is 11.1 Å². The van der Waals surface area contributed by atoms with Crippen molar-refractivity contribution in [3.8, 4) is 6.07 Å². The summed E-state index contributed by atoms with van der Waals surface area (Å²) in [6.45, 7) is 15.2. The van der Waals surface area contributed by atoms with Gasteiger partial charge in [-0.3, -0.25) is 0 Å². The highest BCUT2D eigenvalue weighted by Gasteiger charge is 2.38. The summed E-state index contributed by atoms with van der Waals surface area (Å²) < 4.78 is 6.06. The zero-order valence-electron chi connectivity index (χ0n) is 12.4. The summed E-state index contributed by atoms with van der Waals surface area (Å²) in [7, 11) is -1.82. The minimum absolute atomic E-state index is 0.157. The number of nitrogens with zero attached hydrogens (tertiary/aromatic N) is 1. The van der Waals surface area contributed by atoms with Crippen LogP contribution in [-0.2, 0) is 4.43 Å². The Balaban J connectivity index is 4.48. The van der Waals surface area contributed by atoms with Crippen LogP contribution in [0.3, 0.4) is 0 Å². The fraction of sp³-hybridized carbons (Fsp3) is 0.786. The number of allylic oxidation sites excluding steroid dienone is 1. The maximum absolute atomic E-state index is 9.13. The molecule has 0 N–H and O–H groups in total. The lowest BCUT2D eigenvalue weighted by atomic mass is 10.1. The summed E-state index contributed by atoms with van der Waals surface area (Å²) in [5.41, 5.74) is 0. The molecule has 0 rings (SSSR count). The van der Waals surface area contributed by atoms with Crippen molar-refractivity contribution < 1.29 is 4.43 Å². The number of hydrogen-bond donors (Lipinski definition) is 0. The maximum Gasteiger partial charge on any atom is 0.193 e. The summed E-state index contributed by atoms with van der Waals surface area (Å²) in [5, 5.41) is 9.29. The number of hydrogen-bond acceptors (Lipinski definition) is 2. The Morgan fingerprint density at radius 2 is 1.82 bits per heavy atom. The van der Waals surface area contributed by atoms with E-state index in [0.29, 0.717) is 12.3 Å². The van der Waals surface area contributed by atoms with Crippen molar-refractivity contribution >= 4 is 8.32 Å². The van der Waals surface area contributed by atoms with Gasteiger partial charge < -0.3 is 4.43 Å². The molecule has 0 aliphatic rings. The van der Waals surface area contributed by atoms with Gasteiger partial charge in [0.15, 0.2) is 8.32 Å². The van der Waals surface area contributed by atoms with Crippen molar-refractivity contribution in [2.24, 2.45) is 5.92 Å². The molecule has 2 nitrogen and oxygen atoms in total. The van der Waals surface area contributed by atoms with Crippen LogP contribution in [0.25, 0.3) is 0 Å². The molecule has 0 aromatic carbocycles. The Bertz CT molecular complexity index is 294. The molecule has 1 atom stereocenters. The van der Waals surface area contributed by atoms with E-state index in [1.807, 2.05) is 0 Å². The van der Waals surface area contributed by atoms with Gasteiger partial charge in [0.05, 0.1) is 6.07 Å². The molecule has 0 radical (unpaired) electrons. The molecule has 0 bridgehead atoms. The predicted molar refractivity (Wildman–Crippen MR) is 76.3 cm³/mol. The van der Waals surface area contributed by atoms with Crippen LogP contribution in [0, 0.1) is 17.2 Å². The van der Waals surface area contributed by atoms with E-state index in [1.54, 1.807) is 0 Å². The molecular weight excluding hydrogens is 226 g/mol. The molecule has 0 fully saturated rings. The minimum atomic E-state index is -1.82. The highest BCUT2D eigenvalue weighted by molar-refractivity contribution is 6.74. The first-order chi connectivity index (χ1) is 7.60. The normalized spacial score (nSPS) is 15.2. The van der Waals surface area contributed by atoms with Gasteiger partial charge in [-0.15, -0.1) is 0 Å². The first-order valence-corrected chi connectivity index (χ1v) is 9.25. The third-order valence-electron chi connectivity index (χ3n) is 3.26. The van der Waals surface area contributed by atoms with Gasteiger partial charge in [-0.2, -0.15) is 5.26 Å². The molecule has 0 amide bonds. The Labute approximate surface area is 108 Å². The molecule has 98 valence electrons. The second-order valence-electron chi connectivity index (χ2n) is 6.40. The Hall–Kier alpha value is -0.593. The molecule has 3 heteroatoms. The zero-order valence-corrected chi connectivity index (χ0v) is 13.4. The quantitative estimate of drug-likeness (QED) is 0.534. The monoisotopic (exact) mass is 253 g/mol. The third-order valence-corrected chi connectivity index (χ3v) is 7.74. The van der Waals surface area contributed by atoms with E-state index in [0.717, 1.165) is 0 Å². The first kappa shape index (κ1) is 16.4. The fourth-order valence-electron chi connectivity index (χ4n) is 1.13. The molecule has 0 unspecified atom stereocenters. The molecule has 0 saturated heterocycles. The summed E-state index contributed by atoms with van der Waals surface area (Å²) in [6, 6.07) is 2.27. The summed E-state index contributed by atoms with van der Waals surface area (Å²) in [5.74, 6) is 0.530. The van der Waals surface area contributed by atoms with Crippen LogP contribution in [0.15, 0.2) is 12.2 Å². The molecule has 0 aliphatic heterocycles. The summed E-state index contributed by atoms with van der Waals surface area (Å²) in [4.78, 5) is 0. The van der Waals surface area contributed by atoms with Gasteiger partial charge in [-0.25, -0.2) is 0 Å². The van der Waals surface area contributed by atoms with Gasteiger partial charge in [0.25, 0.3) is 0 Å².